The van der Waals surface area contributed by atoms with Gasteiger partial charge in [-0.1, -0.05) is 0 Å². The van der Waals surface area contributed by atoms with Crippen LogP contribution in [0.2, 0.25) is 0 Å². The summed E-state index contributed by atoms with van der Waals surface area (Å²) in [6, 6.07) is 6.01. The molecule has 0 amide bonds. The van der Waals surface area contributed by atoms with Gasteiger partial charge in [0.1, 0.15) is 0 Å². The molecule has 17 heavy (non-hydrogen) atoms. The molecule has 2 rings (SSSR count). The molecule has 4 heteroatoms. The molecule has 1 aliphatic carbocycles. The Morgan fingerprint density at radius 2 is 2.00 bits per heavy atom. The first-order valence-corrected chi connectivity index (χ1v) is 7.91. The fraction of sp³-hybridized carbons (Fsp3) is 0.692. The number of hydrogen-bond donors (Lipinski definition) is 1. The summed E-state index contributed by atoms with van der Waals surface area (Å²) in [5, 5.41) is 0. The number of nitrogens with zero attached hydrogens (tertiary/aromatic N) is 1. The lowest BCUT2D eigenvalue weighted by atomic mass is 9.90. The molecule has 0 aromatic carbocycles. The third-order valence-electron chi connectivity index (χ3n) is 3.93. The number of hydrogen-bond acceptors (Lipinski definition) is 3. The Bertz CT molecular complexity index is 358. The quantitative estimate of drug-likeness (QED) is 0.919. The number of rotatable bonds is 3. The van der Waals surface area contributed by atoms with Gasteiger partial charge in [0.05, 0.1) is 3.79 Å². The molecule has 1 aromatic heterocycles. The van der Waals surface area contributed by atoms with Crippen molar-refractivity contribution in [1.29, 1.82) is 0 Å². The standard InChI is InChI=1S/C13H21BrN2S/c1-9(12-7-8-13(14)17-12)16(2)11-5-3-10(15)4-6-11/h7-11H,3-6,15H2,1-2H3. The molecule has 96 valence electrons. The van der Waals surface area contributed by atoms with Crippen LogP contribution in [0.4, 0.5) is 0 Å². The maximum Gasteiger partial charge on any atom is 0.0701 e. The Kier molecular flexibility index (Phi) is 4.64. The second-order valence-corrected chi connectivity index (χ2v) is 7.55. The molecule has 1 fully saturated rings. The lowest BCUT2D eigenvalue weighted by Crippen LogP contribution is -2.39. The molecule has 2 nitrogen and oxygen atoms in total. The topological polar surface area (TPSA) is 29.3 Å². The Morgan fingerprint density at radius 1 is 1.35 bits per heavy atom. The van der Waals surface area contributed by atoms with E-state index >= 15 is 0 Å². The van der Waals surface area contributed by atoms with Crippen LogP contribution in [0.1, 0.15) is 43.5 Å². The summed E-state index contributed by atoms with van der Waals surface area (Å²) >= 11 is 5.38. The van der Waals surface area contributed by atoms with Crippen LogP contribution in [-0.4, -0.2) is 24.0 Å². The van der Waals surface area contributed by atoms with E-state index in [4.69, 9.17) is 5.73 Å². The summed E-state index contributed by atoms with van der Waals surface area (Å²) < 4.78 is 1.22. The molecule has 2 N–H and O–H groups in total. The maximum absolute atomic E-state index is 5.96. The van der Waals surface area contributed by atoms with Crippen LogP contribution >= 0.6 is 27.3 Å². The molecule has 0 aliphatic heterocycles. The van der Waals surface area contributed by atoms with E-state index in [2.05, 4.69) is 46.9 Å². The molecule has 0 bridgehead atoms. The van der Waals surface area contributed by atoms with Gasteiger partial charge >= 0.3 is 0 Å². The van der Waals surface area contributed by atoms with Crippen molar-refractivity contribution in [2.24, 2.45) is 5.73 Å². The molecule has 0 saturated heterocycles. The third kappa shape index (κ3) is 3.31. The van der Waals surface area contributed by atoms with E-state index in [9.17, 15) is 0 Å². The number of halogens is 1. The Morgan fingerprint density at radius 3 is 2.53 bits per heavy atom. The van der Waals surface area contributed by atoms with E-state index in [0.29, 0.717) is 18.1 Å². The van der Waals surface area contributed by atoms with Crippen molar-refractivity contribution in [2.45, 2.75) is 50.7 Å². The highest BCUT2D eigenvalue weighted by Crippen LogP contribution is 2.33. The first kappa shape index (κ1) is 13.5. The molecule has 1 heterocycles. The second-order valence-electron chi connectivity index (χ2n) is 5.05. The fourth-order valence-corrected chi connectivity index (χ4v) is 4.11. The van der Waals surface area contributed by atoms with Gasteiger partial charge in [0.25, 0.3) is 0 Å². The summed E-state index contributed by atoms with van der Waals surface area (Å²) in [6.07, 6.45) is 4.84. The van der Waals surface area contributed by atoms with Gasteiger partial charge in [-0.25, -0.2) is 0 Å². The SMILES string of the molecule is CC(c1ccc(Br)s1)N(C)C1CCC(N)CC1. The van der Waals surface area contributed by atoms with Crippen molar-refractivity contribution in [2.75, 3.05) is 7.05 Å². The second kappa shape index (κ2) is 5.83. The lowest BCUT2D eigenvalue weighted by Gasteiger charge is -2.36. The van der Waals surface area contributed by atoms with Crippen molar-refractivity contribution in [3.05, 3.63) is 20.8 Å². The van der Waals surface area contributed by atoms with Crippen molar-refractivity contribution >= 4 is 27.3 Å². The lowest BCUT2D eigenvalue weighted by molar-refractivity contribution is 0.142. The first-order chi connectivity index (χ1) is 8.08. The predicted molar refractivity (Wildman–Crippen MR) is 78.4 cm³/mol. The Hall–Kier alpha value is 0.1000. The zero-order valence-electron chi connectivity index (χ0n) is 10.5. The molecule has 1 atom stereocenters. The molecule has 1 unspecified atom stereocenters. The van der Waals surface area contributed by atoms with E-state index in [-0.39, 0.29) is 0 Å². The molecule has 0 radical (unpaired) electrons. The summed E-state index contributed by atoms with van der Waals surface area (Å²) in [4.78, 5) is 3.96. The highest BCUT2D eigenvalue weighted by Gasteiger charge is 2.25. The molecular formula is C13H21BrN2S. The zero-order chi connectivity index (χ0) is 12.4. The van der Waals surface area contributed by atoms with Gasteiger partial charge in [-0.15, -0.1) is 11.3 Å². The largest absolute Gasteiger partial charge is 0.328 e. The minimum absolute atomic E-state index is 0.436. The van der Waals surface area contributed by atoms with E-state index < -0.39 is 0 Å². The van der Waals surface area contributed by atoms with Gasteiger partial charge in [0.2, 0.25) is 0 Å². The van der Waals surface area contributed by atoms with Gasteiger partial charge in [-0.2, -0.15) is 0 Å². The molecule has 1 aliphatic rings. The van der Waals surface area contributed by atoms with Gasteiger partial charge in [0, 0.05) is 23.0 Å². The normalized spacial score (nSPS) is 27.4. The monoisotopic (exact) mass is 316 g/mol. The van der Waals surface area contributed by atoms with E-state index in [0.717, 1.165) is 0 Å². The minimum Gasteiger partial charge on any atom is -0.328 e. The van der Waals surface area contributed by atoms with Gasteiger partial charge in [-0.05, 0) is 67.7 Å². The van der Waals surface area contributed by atoms with Crippen LogP contribution in [0.5, 0.6) is 0 Å². The van der Waals surface area contributed by atoms with E-state index in [1.807, 2.05) is 11.3 Å². The fourth-order valence-electron chi connectivity index (χ4n) is 2.58. The van der Waals surface area contributed by atoms with Gasteiger partial charge < -0.3 is 5.73 Å². The first-order valence-electron chi connectivity index (χ1n) is 6.30. The van der Waals surface area contributed by atoms with Crippen LogP contribution in [0, 0.1) is 0 Å². The highest BCUT2D eigenvalue weighted by molar-refractivity contribution is 9.11. The summed E-state index contributed by atoms with van der Waals surface area (Å²) in [5.74, 6) is 0. The summed E-state index contributed by atoms with van der Waals surface area (Å²) in [5.41, 5.74) is 5.96. The molecular weight excluding hydrogens is 296 g/mol. The van der Waals surface area contributed by atoms with Crippen molar-refractivity contribution in [1.82, 2.24) is 4.90 Å². The average molecular weight is 317 g/mol. The van der Waals surface area contributed by atoms with Crippen molar-refractivity contribution < 1.29 is 0 Å². The zero-order valence-corrected chi connectivity index (χ0v) is 12.9. The highest BCUT2D eigenvalue weighted by atomic mass is 79.9. The van der Waals surface area contributed by atoms with Crippen LogP contribution < -0.4 is 5.73 Å². The Balaban J connectivity index is 1.97. The third-order valence-corrected chi connectivity index (χ3v) is 5.73. The smallest absolute Gasteiger partial charge is 0.0701 e. The molecule has 0 spiro atoms. The predicted octanol–water partition coefficient (Wildman–Crippen LogP) is 3.77. The maximum atomic E-state index is 5.96. The number of thiophene rings is 1. The van der Waals surface area contributed by atoms with Crippen molar-refractivity contribution in [3.63, 3.8) is 0 Å². The van der Waals surface area contributed by atoms with E-state index in [1.165, 1.54) is 34.3 Å². The Labute approximate surface area is 116 Å². The van der Waals surface area contributed by atoms with Crippen molar-refractivity contribution in [3.8, 4) is 0 Å². The molecule has 1 saturated carbocycles. The van der Waals surface area contributed by atoms with Gasteiger partial charge in [-0.3, -0.25) is 4.90 Å². The summed E-state index contributed by atoms with van der Waals surface area (Å²) in [6.45, 7) is 2.30. The van der Waals surface area contributed by atoms with Crippen LogP contribution in [0.15, 0.2) is 15.9 Å². The van der Waals surface area contributed by atoms with Crippen LogP contribution in [0.3, 0.4) is 0 Å². The molecule has 1 aromatic rings. The van der Waals surface area contributed by atoms with Crippen LogP contribution in [0.25, 0.3) is 0 Å². The summed E-state index contributed by atoms with van der Waals surface area (Å²) in [7, 11) is 2.25. The van der Waals surface area contributed by atoms with Gasteiger partial charge in [0.15, 0.2) is 0 Å². The minimum atomic E-state index is 0.436. The van der Waals surface area contributed by atoms with Crippen LogP contribution in [-0.2, 0) is 0 Å². The van der Waals surface area contributed by atoms with E-state index in [1.54, 1.807) is 0 Å². The number of nitrogens with two attached hydrogens (primary N) is 1. The average Bonchev–Trinajstić information content (AvgIpc) is 2.75.